The number of rotatable bonds is 3. The standard InChI is InChI=1S/C17H16N2O2/c1-12(16-11-13-7-5-6-10-15(13)21-16)18-17(20)19-14-8-3-2-4-9-14/h2-12H,1H3,(H2,18,19,20)/t12-/m0/s1. The summed E-state index contributed by atoms with van der Waals surface area (Å²) < 4.78 is 5.74. The van der Waals surface area contributed by atoms with Crippen LogP contribution in [0, 0.1) is 0 Å². The second-order valence-electron chi connectivity index (χ2n) is 4.87. The Morgan fingerprint density at radius 2 is 1.76 bits per heavy atom. The number of carbonyl (C=O) groups excluding carboxylic acids is 1. The maximum absolute atomic E-state index is 11.9. The van der Waals surface area contributed by atoms with Gasteiger partial charge in [-0.3, -0.25) is 0 Å². The van der Waals surface area contributed by atoms with E-state index in [2.05, 4.69) is 10.6 Å². The molecule has 0 radical (unpaired) electrons. The van der Waals surface area contributed by atoms with Crippen molar-refractivity contribution in [2.24, 2.45) is 0 Å². The molecular formula is C17H16N2O2. The van der Waals surface area contributed by atoms with E-state index >= 15 is 0 Å². The average molecular weight is 280 g/mol. The molecule has 2 aromatic carbocycles. The first-order valence-corrected chi connectivity index (χ1v) is 6.83. The maximum Gasteiger partial charge on any atom is 0.319 e. The van der Waals surface area contributed by atoms with Crippen LogP contribution < -0.4 is 10.6 Å². The van der Waals surface area contributed by atoms with Gasteiger partial charge in [-0.05, 0) is 31.2 Å². The molecule has 1 aromatic heterocycles. The summed E-state index contributed by atoms with van der Waals surface area (Å²) in [6.07, 6.45) is 0. The minimum atomic E-state index is -0.255. The fourth-order valence-corrected chi connectivity index (χ4v) is 2.17. The molecule has 3 aromatic rings. The van der Waals surface area contributed by atoms with E-state index in [0.717, 1.165) is 22.4 Å². The lowest BCUT2D eigenvalue weighted by Gasteiger charge is -2.12. The van der Waals surface area contributed by atoms with Crippen molar-refractivity contribution in [3.05, 3.63) is 66.4 Å². The topological polar surface area (TPSA) is 54.3 Å². The van der Waals surface area contributed by atoms with Gasteiger partial charge in [-0.1, -0.05) is 36.4 Å². The molecule has 106 valence electrons. The van der Waals surface area contributed by atoms with Crippen LogP contribution >= 0.6 is 0 Å². The first kappa shape index (κ1) is 13.2. The molecular weight excluding hydrogens is 264 g/mol. The fourth-order valence-electron chi connectivity index (χ4n) is 2.17. The average Bonchev–Trinajstić information content (AvgIpc) is 2.92. The maximum atomic E-state index is 11.9. The second kappa shape index (κ2) is 5.71. The van der Waals surface area contributed by atoms with Gasteiger partial charge < -0.3 is 15.1 Å². The number of fused-ring (bicyclic) bond motifs is 1. The van der Waals surface area contributed by atoms with E-state index < -0.39 is 0 Å². The van der Waals surface area contributed by atoms with Crippen LogP contribution in [0.2, 0.25) is 0 Å². The summed E-state index contributed by atoms with van der Waals surface area (Å²) in [6, 6.07) is 18.6. The number of amides is 2. The Kier molecular flexibility index (Phi) is 3.60. The highest BCUT2D eigenvalue weighted by Gasteiger charge is 2.14. The lowest BCUT2D eigenvalue weighted by atomic mass is 10.2. The highest BCUT2D eigenvalue weighted by Crippen LogP contribution is 2.23. The zero-order valence-electron chi connectivity index (χ0n) is 11.7. The summed E-state index contributed by atoms with van der Waals surface area (Å²) in [7, 11) is 0. The van der Waals surface area contributed by atoms with Crippen molar-refractivity contribution < 1.29 is 9.21 Å². The van der Waals surface area contributed by atoms with Gasteiger partial charge in [-0.25, -0.2) is 4.79 Å². The Balaban J connectivity index is 1.68. The van der Waals surface area contributed by atoms with Gasteiger partial charge >= 0.3 is 6.03 Å². The van der Waals surface area contributed by atoms with E-state index in [0.29, 0.717) is 0 Å². The van der Waals surface area contributed by atoms with E-state index in [1.807, 2.05) is 67.6 Å². The summed E-state index contributed by atoms with van der Waals surface area (Å²) in [6.45, 7) is 1.89. The van der Waals surface area contributed by atoms with Crippen molar-refractivity contribution in [2.45, 2.75) is 13.0 Å². The van der Waals surface area contributed by atoms with Crippen LogP contribution in [0.5, 0.6) is 0 Å². The van der Waals surface area contributed by atoms with Crippen LogP contribution in [-0.2, 0) is 0 Å². The van der Waals surface area contributed by atoms with Crippen molar-refractivity contribution in [3.63, 3.8) is 0 Å². The van der Waals surface area contributed by atoms with Crippen LogP contribution in [0.15, 0.2) is 65.1 Å². The van der Waals surface area contributed by atoms with Gasteiger partial charge in [0.05, 0.1) is 6.04 Å². The molecule has 4 heteroatoms. The van der Waals surface area contributed by atoms with Gasteiger partial charge in [0.15, 0.2) is 0 Å². The predicted molar refractivity (Wildman–Crippen MR) is 83.2 cm³/mol. The lowest BCUT2D eigenvalue weighted by molar-refractivity contribution is 0.248. The Morgan fingerprint density at radius 3 is 2.52 bits per heavy atom. The van der Waals surface area contributed by atoms with Crippen molar-refractivity contribution >= 4 is 22.7 Å². The first-order chi connectivity index (χ1) is 10.2. The summed E-state index contributed by atoms with van der Waals surface area (Å²) in [5.74, 6) is 0.736. The van der Waals surface area contributed by atoms with Gasteiger partial charge in [-0.15, -0.1) is 0 Å². The van der Waals surface area contributed by atoms with Gasteiger partial charge in [0, 0.05) is 11.1 Å². The minimum Gasteiger partial charge on any atom is -0.459 e. The first-order valence-electron chi connectivity index (χ1n) is 6.83. The molecule has 1 heterocycles. The van der Waals surface area contributed by atoms with Crippen LogP contribution in [0.25, 0.3) is 11.0 Å². The van der Waals surface area contributed by atoms with Crippen molar-refractivity contribution in [3.8, 4) is 0 Å². The molecule has 0 unspecified atom stereocenters. The zero-order valence-corrected chi connectivity index (χ0v) is 11.7. The molecule has 0 saturated carbocycles. The van der Waals surface area contributed by atoms with Gasteiger partial charge in [0.1, 0.15) is 11.3 Å². The molecule has 2 N–H and O–H groups in total. The van der Waals surface area contributed by atoms with E-state index in [4.69, 9.17) is 4.42 Å². The molecule has 21 heavy (non-hydrogen) atoms. The molecule has 0 bridgehead atoms. The molecule has 0 saturated heterocycles. The smallest absolute Gasteiger partial charge is 0.319 e. The number of carbonyl (C=O) groups is 1. The highest BCUT2D eigenvalue weighted by atomic mass is 16.3. The Morgan fingerprint density at radius 1 is 1.05 bits per heavy atom. The van der Waals surface area contributed by atoms with Crippen LogP contribution in [0.4, 0.5) is 10.5 Å². The van der Waals surface area contributed by atoms with Crippen LogP contribution in [-0.4, -0.2) is 6.03 Å². The third kappa shape index (κ3) is 3.05. The molecule has 0 aliphatic rings. The van der Waals surface area contributed by atoms with Crippen molar-refractivity contribution in [2.75, 3.05) is 5.32 Å². The molecule has 1 atom stereocenters. The number of urea groups is 1. The van der Waals surface area contributed by atoms with E-state index in [1.165, 1.54) is 0 Å². The minimum absolute atomic E-state index is 0.207. The zero-order chi connectivity index (χ0) is 14.7. The molecule has 0 fully saturated rings. The normalized spacial score (nSPS) is 12.0. The van der Waals surface area contributed by atoms with Crippen molar-refractivity contribution in [1.29, 1.82) is 0 Å². The summed E-state index contributed by atoms with van der Waals surface area (Å²) in [5, 5.41) is 6.68. The quantitative estimate of drug-likeness (QED) is 0.751. The highest BCUT2D eigenvalue weighted by molar-refractivity contribution is 5.89. The molecule has 0 spiro atoms. The Hall–Kier alpha value is -2.75. The number of nitrogens with one attached hydrogen (secondary N) is 2. The number of hydrogen-bond donors (Lipinski definition) is 2. The number of hydrogen-bond acceptors (Lipinski definition) is 2. The summed E-state index contributed by atoms with van der Waals surface area (Å²) in [5.41, 5.74) is 1.58. The third-order valence-corrected chi connectivity index (χ3v) is 3.25. The number of anilines is 1. The van der Waals surface area contributed by atoms with E-state index in [1.54, 1.807) is 0 Å². The molecule has 0 aliphatic heterocycles. The largest absolute Gasteiger partial charge is 0.459 e. The second-order valence-corrected chi connectivity index (χ2v) is 4.87. The summed E-state index contributed by atoms with van der Waals surface area (Å²) in [4.78, 5) is 11.9. The Labute approximate surface area is 122 Å². The monoisotopic (exact) mass is 280 g/mol. The van der Waals surface area contributed by atoms with E-state index in [9.17, 15) is 4.79 Å². The summed E-state index contributed by atoms with van der Waals surface area (Å²) >= 11 is 0. The predicted octanol–water partition coefficient (Wildman–Crippen LogP) is 4.32. The lowest BCUT2D eigenvalue weighted by Crippen LogP contribution is -2.30. The number of benzene rings is 2. The third-order valence-electron chi connectivity index (χ3n) is 3.25. The van der Waals surface area contributed by atoms with Gasteiger partial charge in [0.25, 0.3) is 0 Å². The molecule has 3 rings (SSSR count). The van der Waals surface area contributed by atoms with Crippen LogP contribution in [0.3, 0.4) is 0 Å². The number of furan rings is 1. The van der Waals surface area contributed by atoms with Gasteiger partial charge in [-0.2, -0.15) is 0 Å². The van der Waals surface area contributed by atoms with Crippen molar-refractivity contribution in [1.82, 2.24) is 5.32 Å². The fraction of sp³-hybridized carbons (Fsp3) is 0.118. The number of para-hydroxylation sites is 2. The molecule has 4 nitrogen and oxygen atoms in total. The molecule has 2 amide bonds. The van der Waals surface area contributed by atoms with Crippen LogP contribution in [0.1, 0.15) is 18.7 Å². The Bertz CT molecular complexity index is 717. The van der Waals surface area contributed by atoms with E-state index in [-0.39, 0.29) is 12.1 Å². The SMILES string of the molecule is C[C@H](NC(=O)Nc1ccccc1)c1cc2ccccc2o1. The van der Waals surface area contributed by atoms with Gasteiger partial charge in [0.2, 0.25) is 0 Å². The molecule has 0 aliphatic carbocycles.